The Morgan fingerprint density at radius 1 is 0.889 bits per heavy atom. The number of aryl methyl sites for hydroxylation is 2. The van der Waals surface area contributed by atoms with E-state index in [1.54, 1.807) is 66.7 Å². The molecule has 0 aliphatic carbocycles. The topological polar surface area (TPSA) is 105 Å². The van der Waals surface area contributed by atoms with Crippen molar-refractivity contribution in [2.75, 3.05) is 16.8 Å². The van der Waals surface area contributed by atoms with Crippen LogP contribution in [0, 0.1) is 13.8 Å². The summed E-state index contributed by atoms with van der Waals surface area (Å²) in [6.07, 6.45) is 1.68. The predicted molar refractivity (Wildman–Crippen MR) is 177 cm³/mol. The fourth-order valence-corrected chi connectivity index (χ4v) is 6.11. The Labute approximate surface area is 266 Å². The van der Waals surface area contributed by atoms with Gasteiger partial charge in [-0.1, -0.05) is 54.6 Å². The van der Waals surface area contributed by atoms with Gasteiger partial charge in [0.2, 0.25) is 11.8 Å². The first-order chi connectivity index (χ1) is 21.7. The molecule has 1 unspecified atom stereocenters. The molecule has 0 spiro atoms. The molecule has 1 fully saturated rings. The van der Waals surface area contributed by atoms with Crippen molar-refractivity contribution in [2.24, 2.45) is 0 Å². The molecule has 0 saturated carbocycles. The van der Waals surface area contributed by atoms with Crippen LogP contribution in [-0.2, 0) is 14.4 Å². The van der Waals surface area contributed by atoms with E-state index in [9.17, 15) is 19.2 Å². The highest BCUT2D eigenvalue weighted by atomic mass is 32.2. The van der Waals surface area contributed by atoms with Crippen molar-refractivity contribution in [3.63, 3.8) is 0 Å². The zero-order chi connectivity index (χ0) is 31.9. The molecule has 1 aliphatic rings. The summed E-state index contributed by atoms with van der Waals surface area (Å²) in [6.45, 7) is 6.09. The Morgan fingerprint density at radius 2 is 1.56 bits per heavy atom. The average Bonchev–Trinajstić information content (AvgIpc) is 3.30. The first-order valence-electron chi connectivity index (χ1n) is 14.6. The average molecular weight is 620 g/mol. The molecule has 1 atom stereocenters. The lowest BCUT2D eigenvalue weighted by atomic mass is 10.1. The van der Waals surface area contributed by atoms with E-state index in [-0.39, 0.29) is 23.9 Å². The number of anilines is 2. The minimum absolute atomic E-state index is 0.0381. The Balaban J connectivity index is 1.31. The Bertz CT molecular complexity index is 1750. The maximum atomic E-state index is 13.5. The van der Waals surface area contributed by atoms with Crippen LogP contribution in [0.2, 0.25) is 0 Å². The molecule has 1 heterocycles. The standard InChI is InChI=1S/C36H33N3O5S/c1-4-44-30-16-9-8-15-26(30)21-29(38-34(41)25-13-6-5-7-14-25)35(42)37-27-17-19-28(20-18-27)45-31-22-32(40)39(36(31)43)33-23(2)11-10-12-24(33)3/h5-21,31H,4,22H2,1-3H3,(H,37,42)(H,38,41)/b29-21-. The lowest BCUT2D eigenvalue weighted by Gasteiger charge is -2.19. The van der Waals surface area contributed by atoms with Crippen molar-refractivity contribution >= 4 is 52.8 Å². The van der Waals surface area contributed by atoms with Gasteiger partial charge in [0.05, 0.1) is 17.5 Å². The second-order valence-corrected chi connectivity index (χ2v) is 11.7. The molecule has 0 radical (unpaired) electrons. The number of benzene rings is 4. The maximum absolute atomic E-state index is 13.5. The van der Waals surface area contributed by atoms with E-state index in [0.29, 0.717) is 34.9 Å². The normalized spacial score (nSPS) is 14.8. The van der Waals surface area contributed by atoms with Crippen LogP contribution < -0.4 is 20.3 Å². The van der Waals surface area contributed by atoms with Gasteiger partial charge < -0.3 is 15.4 Å². The van der Waals surface area contributed by atoms with Gasteiger partial charge in [-0.05, 0) is 80.4 Å². The van der Waals surface area contributed by atoms with Gasteiger partial charge in [-0.3, -0.25) is 19.2 Å². The number of imide groups is 1. The molecule has 4 aromatic carbocycles. The predicted octanol–water partition coefficient (Wildman–Crippen LogP) is 6.54. The lowest BCUT2D eigenvalue weighted by Crippen LogP contribution is -2.32. The SMILES string of the molecule is CCOc1ccccc1/C=C(\NC(=O)c1ccccc1)C(=O)Nc1ccc(SC2CC(=O)N(c3c(C)cccc3C)C2=O)cc1. The summed E-state index contributed by atoms with van der Waals surface area (Å²) in [5.41, 5.74) is 3.97. The second-order valence-electron chi connectivity index (χ2n) is 10.4. The number of ether oxygens (including phenoxy) is 1. The number of carbonyl (C=O) groups is 4. The van der Waals surface area contributed by atoms with Crippen LogP contribution in [0.25, 0.3) is 6.08 Å². The summed E-state index contributed by atoms with van der Waals surface area (Å²) in [6, 6.07) is 28.6. The van der Waals surface area contributed by atoms with E-state index in [2.05, 4.69) is 10.6 Å². The lowest BCUT2D eigenvalue weighted by molar-refractivity contribution is -0.121. The molecule has 1 saturated heterocycles. The van der Waals surface area contributed by atoms with Crippen LogP contribution in [0.15, 0.2) is 108 Å². The van der Waals surface area contributed by atoms with Crippen LogP contribution in [0.1, 0.15) is 40.4 Å². The molecule has 0 aromatic heterocycles. The summed E-state index contributed by atoms with van der Waals surface area (Å²) in [5.74, 6) is -0.829. The van der Waals surface area contributed by atoms with Gasteiger partial charge in [0.25, 0.3) is 11.8 Å². The van der Waals surface area contributed by atoms with E-state index in [0.717, 1.165) is 16.0 Å². The summed E-state index contributed by atoms with van der Waals surface area (Å²) >= 11 is 1.31. The van der Waals surface area contributed by atoms with Crippen molar-refractivity contribution in [3.8, 4) is 5.75 Å². The zero-order valence-corrected chi connectivity index (χ0v) is 26.0. The first kappa shape index (κ1) is 31.3. The van der Waals surface area contributed by atoms with Crippen molar-refractivity contribution in [1.29, 1.82) is 0 Å². The third kappa shape index (κ3) is 7.33. The molecule has 4 amide bonds. The van der Waals surface area contributed by atoms with Crippen molar-refractivity contribution < 1.29 is 23.9 Å². The van der Waals surface area contributed by atoms with Crippen LogP contribution in [0.4, 0.5) is 11.4 Å². The summed E-state index contributed by atoms with van der Waals surface area (Å²) < 4.78 is 5.71. The van der Waals surface area contributed by atoms with Crippen molar-refractivity contribution in [2.45, 2.75) is 37.3 Å². The highest BCUT2D eigenvalue weighted by Crippen LogP contribution is 2.36. The minimum atomic E-state index is -0.551. The fraction of sp³-hybridized carbons (Fsp3) is 0.167. The van der Waals surface area contributed by atoms with E-state index in [1.165, 1.54) is 16.7 Å². The van der Waals surface area contributed by atoms with Gasteiger partial charge in [0.15, 0.2) is 0 Å². The Morgan fingerprint density at radius 3 is 2.24 bits per heavy atom. The maximum Gasteiger partial charge on any atom is 0.272 e. The van der Waals surface area contributed by atoms with Gasteiger partial charge in [0.1, 0.15) is 11.4 Å². The fourth-order valence-electron chi connectivity index (χ4n) is 5.05. The molecule has 0 bridgehead atoms. The first-order valence-corrected chi connectivity index (χ1v) is 15.4. The van der Waals surface area contributed by atoms with E-state index in [1.807, 2.05) is 57.2 Å². The van der Waals surface area contributed by atoms with Crippen LogP contribution >= 0.6 is 11.8 Å². The monoisotopic (exact) mass is 619 g/mol. The second kappa shape index (κ2) is 14.1. The van der Waals surface area contributed by atoms with E-state index in [4.69, 9.17) is 4.74 Å². The third-order valence-electron chi connectivity index (χ3n) is 7.21. The molecule has 5 rings (SSSR count). The molecule has 1 aliphatic heterocycles. The molecular formula is C36H33N3O5S. The quantitative estimate of drug-likeness (QED) is 0.154. The van der Waals surface area contributed by atoms with E-state index >= 15 is 0 Å². The number of nitrogens with one attached hydrogen (secondary N) is 2. The summed E-state index contributed by atoms with van der Waals surface area (Å²) in [7, 11) is 0. The number of hydrogen-bond acceptors (Lipinski definition) is 6. The van der Waals surface area contributed by atoms with Crippen LogP contribution in [0.3, 0.4) is 0 Å². The highest BCUT2D eigenvalue weighted by Gasteiger charge is 2.41. The number of rotatable bonds is 10. The van der Waals surface area contributed by atoms with Gasteiger partial charge in [-0.25, -0.2) is 4.90 Å². The Hall–Kier alpha value is -5.15. The van der Waals surface area contributed by atoms with Gasteiger partial charge in [0, 0.05) is 28.1 Å². The van der Waals surface area contributed by atoms with E-state index < -0.39 is 17.1 Å². The molecule has 2 N–H and O–H groups in total. The number of para-hydroxylation sites is 2. The van der Waals surface area contributed by atoms with Crippen molar-refractivity contribution in [1.82, 2.24) is 5.32 Å². The number of carbonyl (C=O) groups excluding carboxylic acids is 4. The molecule has 228 valence electrons. The number of amides is 4. The number of hydrogen-bond donors (Lipinski definition) is 2. The van der Waals surface area contributed by atoms with Crippen LogP contribution in [-0.4, -0.2) is 35.5 Å². The molecule has 45 heavy (non-hydrogen) atoms. The zero-order valence-electron chi connectivity index (χ0n) is 25.2. The van der Waals surface area contributed by atoms with Crippen LogP contribution in [0.5, 0.6) is 5.75 Å². The third-order valence-corrected chi connectivity index (χ3v) is 8.40. The Kier molecular flexibility index (Phi) is 9.79. The van der Waals surface area contributed by atoms with Crippen molar-refractivity contribution in [3.05, 3.63) is 125 Å². The highest BCUT2D eigenvalue weighted by molar-refractivity contribution is 8.00. The summed E-state index contributed by atoms with van der Waals surface area (Å²) in [5, 5.41) is 5.04. The largest absolute Gasteiger partial charge is 0.493 e. The minimum Gasteiger partial charge on any atom is -0.493 e. The van der Waals surface area contributed by atoms with Gasteiger partial charge >= 0.3 is 0 Å². The number of thioether (sulfide) groups is 1. The molecule has 4 aromatic rings. The number of nitrogens with zero attached hydrogens (tertiary/aromatic N) is 1. The summed E-state index contributed by atoms with van der Waals surface area (Å²) in [4.78, 5) is 54.8. The van der Waals surface area contributed by atoms with Gasteiger partial charge in [-0.2, -0.15) is 0 Å². The molecule has 8 nitrogen and oxygen atoms in total. The van der Waals surface area contributed by atoms with Gasteiger partial charge in [-0.15, -0.1) is 11.8 Å². The smallest absolute Gasteiger partial charge is 0.272 e. The molecular weight excluding hydrogens is 586 g/mol. The molecule has 9 heteroatoms.